The molecule has 0 atom stereocenters. The van der Waals surface area contributed by atoms with Gasteiger partial charge in [-0.25, -0.2) is 0 Å². The molecule has 0 aliphatic carbocycles. The first-order valence-corrected chi connectivity index (χ1v) is 6.35. The molecule has 0 N–H and O–H groups in total. The normalized spacial score (nSPS) is 11.0. The lowest BCUT2D eigenvalue weighted by molar-refractivity contribution is 1.02. The standard InChI is InChI=1S/C16H10N4/c1-3-7-13-12(6-1)10-17-20-16(13)15-9-11-5-2-4-8-14(11)18-19-15/h1-10H. The van der Waals surface area contributed by atoms with Crippen LogP contribution in [0.4, 0.5) is 0 Å². The van der Waals surface area contributed by atoms with Crippen molar-refractivity contribution in [2.24, 2.45) is 0 Å². The van der Waals surface area contributed by atoms with E-state index >= 15 is 0 Å². The van der Waals surface area contributed by atoms with Crippen molar-refractivity contribution in [2.45, 2.75) is 0 Å². The summed E-state index contributed by atoms with van der Waals surface area (Å²) in [5, 5.41) is 19.9. The molecule has 94 valence electrons. The second-order valence-corrected chi connectivity index (χ2v) is 4.57. The highest BCUT2D eigenvalue weighted by Crippen LogP contribution is 2.25. The van der Waals surface area contributed by atoms with Crippen LogP contribution in [0.25, 0.3) is 33.1 Å². The molecule has 0 aliphatic heterocycles. The predicted molar refractivity (Wildman–Crippen MR) is 78.1 cm³/mol. The van der Waals surface area contributed by atoms with Gasteiger partial charge < -0.3 is 0 Å². The monoisotopic (exact) mass is 258 g/mol. The zero-order chi connectivity index (χ0) is 13.4. The Hall–Kier alpha value is -2.88. The lowest BCUT2D eigenvalue weighted by Gasteiger charge is -2.04. The molecular weight excluding hydrogens is 248 g/mol. The van der Waals surface area contributed by atoms with Gasteiger partial charge in [0.2, 0.25) is 0 Å². The minimum atomic E-state index is 0.744. The summed E-state index contributed by atoms with van der Waals surface area (Å²) in [7, 11) is 0. The van der Waals surface area contributed by atoms with Crippen LogP contribution in [0.2, 0.25) is 0 Å². The second-order valence-electron chi connectivity index (χ2n) is 4.57. The summed E-state index contributed by atoms with van der Waals surface area (Å²) < 4.78 is 0. The van der Waals surface area contributed by atoms with Crippen LogP contribution in [0.1, 0.15) is 0 Å². The quantitative estimate of drug-likeness (QED) is 0.526. The number of benzene rings is 2. The van der Waals surface area contributed by atoms with Crippen LogP contribution in [0.15, 0.2) is 60.8 Å². The summed E-state index contributed by atoms with van der Waals surface area (Å²) in [5.41, 5.74) is 2.39. The third-order valence-electron chi connectivity index (χ3n) is 3.31. The average Bonchev–Trinajstić information content (AvgIpc) is 2.54. The Balaban J connectivity index is 2.01. The Morgan fingerprint density at radius 3 is 2.45 bits per heavy atom. The van der Waals surface area contributed by atoms with Gasteiger partial charge in [-0.1, -0.05) is 42.5 Å². The highest BCUT2D eigenvalue weighted by Gasteiger charge is 2.08. The zero-order valence-electron chi connectivity index (χ0n) is 10.6. The SMILES string of the molecule is c1ccc2nnc(-c3nncc4ccccc34)cc2c1. The largest absolute Gasteiger partial charge is 0.158 e. The molecule has 2 heterocycles. The molecule has 2 aromatic heterocycles. The molecular formula is C16H10N4. The van der Waals surface area contributed by atoms with Crippen molar-refractivity contribution in [3.63, 3.8) is 0 Å². The van der Waals surface area contributed by atoms with Crippen molar-refractivity contribution in [2.75, 3.05) is 0 Å². The molecule has 0 amide bonds. The molecule has 2 aromatic carbocycles. The third-order valence-corrected chi connectivity index (χ3v) is 3.31. The molecule has 0 aliphatic rings. The molecule has 0 saturated carbocycles. The first-order chi connectivity index (χ1) is 9.92. The minimum Gasteiger partial charge on any atom is -0.158 e. The van der Waals surface area contributed by atoms with Gasteiger partial charge in [0.05, 0.1) is 11.7 Å². The van der Waals surface area contributed by atoms with Gasteiger partial charge >= 0.3 is 0 Å². The van der Waals surface area contributed by atoms with Gasteiger partial charge in [-0.2, -0.15) is 5.10 Å². The number of nitrogens with zero attached hydrogens (tertiary/aromatic N) is 4. The van der Waals surface area contributed by atoms with E-state index in [1.165, 1.54) is 0 Å². The van der Waals surface area contributed by atoms with Gasteiger partial charge in [-0.3, -0.25) is 0 Å². The molecule has 4 nitrogen and oxygen atoms in total. The van der Waals surface area contributed by atoms with Crippen LogP contribution in [-0.2, 0) is 0 Å². The number of aromatic nitrogens is 4. The fraction of sp³-hybridized carbons (Fsp3) is 0. The van der Waals surface area contributed by atoms with Crippen LogP contribution >= 0.6 is 0 Å². The molecule has 4 heteroatoms. The molecule has 0 saturated heterocycles. The highest BCUT2D eigenvalue weighted by molar-refractivity contribution is 5.94. The highest BCUT2D eigenvalue weighted by atomic mass is 15.1. The molecule has 0 bridgehead atoms. The van der Waals surface area contributed by atoms with Crippen molar-refractivity contribution < 1.29 is 0 Å². The number of hydrogen-bond acceptors (Lipinski definition) is 4. The Bertz CT molecular complexity index is 913. The molecule has 0 fully saturated rings. The molecule has 4 rings (SSSR count). The fourth-order valence-corrected chi connectivity index (χ4v) is 2.32. The van der Waals surface area contributed by atoms with Crippen LogP contribution in [0, 0.1) is 0 Å². The van der Waals surface area contributed by atoms with Gasteiger partial charge in [0, 0.05) is 16.2 Å². The van der Waals surface area contributed by atoms with E-state index in [0.717, 1.165) is 33.1 Å². The number of rotatable bonds is 1. The summed E-state index contributed by atoms with van der Waals surface area (Å²) in [6.45, 7) is 0. The summed E-state index contributed by atoms with van der Waals surface area (Å²) in [6.07, 6.45) is 1.76. The summed E-state index contributed by atoms with van der Waals surface area (Å²) in [4.78, 5) is 0. The van der Waals surface area contributed by atoms with E-state index in [1.807, 2.05) is 54.6 Å². The fourth-order valence-electron chi connectivity index (χ4n) is 2.32. The second kappa shape index (κ2) is 4.35. The van der Waals surface area contributed by atoms with E-state index < -0.39 is 0 Å². The van der Waals surface area contributed by atoms with E-state index in [9.17, 15) is 0 Å². The van der Waals surface area contributed by atoms with Crippen molar-refractivity contribution in [1.82, 2.24) is 20.4 Å². The van der Waals surface area contributed by atoms with Crippen LogP contribution < -0.4 is 0 Å². The van der Waals surface area contributed by atoms with Gasteiger partial charge in [-0.05, 0) is 12.1 Å². The lowest BCUT2D eigenvalue weighted by atomic mass is 10.1. The van der Waals surface area contributed by atoms with E-state index in [-0.39, 0.29) is 0 Å². The van der Waals surface area contributed by atoms with Gasteiger partial charge in [0.1, 0.15) is 11.4 Å². The Morgan fingerprint density at radius 1 is 0.700 bits per heavy atom. The topological polar surface area (TPSA) is 51.6 Å². The third kappa shape index (κ3) is 1.70. The molecule has 0 spiro atoms. The first-order valence-electron chi connectivity index (χ1n) is 6.35. The predicted octanol–water partition coefficient (Wildman–Crippen LogP) is 3.24. The number of fused-ring (bicyclic) bond motifs is 2. The molecule has 0 radical (unpaired) electrons. The Kier molecular flexibility index (Phi) is 2.39. The van der Waals surface area contributed by atoms with E-state index in [4.69, 9.17) is 0 Å². The van der Waals surface area contributed by atoms with Crippen molar-refractivity contribution in [1.29, 1.82) is 0 Å². The van der Waals surface area contributed by atoms with Gasteiger partial charge in [-0.15, -0.1) is 15.3 Å². The van der Waals surface area contributed by atoms with Crippen LogP contribution in [0.3, 0.4) is 0 Å². The van der Waals surface area contributed by atoms with Crippen LogP contribution in [-0.4, -0.2) is 20.4 Å². The maximum Gasteiger partial charge on any atom is 0.121 e. The van der Waals surface area contributed by atoms with Crippen molar-refractivity contribution in [3.05, 3.63) is 60.8 Å². The van der Waals surface area contributed by atoms with Crippen molar-refractivity contribution in [3.8, 4) is 11.4 Å². The molecule has 4 aromatic rings. The van der Waals surface area contributed by atoms with Crippen molar-refractivity contribution >= 4 is 21.7 Å². The van der Waals surface area contributed by atoms with Crippen LogP contribution in [0.5, 0.6) is 0 Å². The lowest BCUT2D eigenvalue weighted by Crippen LogP contribution is -1.94. The molecule has 0 unspecified atom stereocenters. The summed E-state index contributed by atoms with van der Waals surface area (Å²) in [6, 6.07) is 17.9. The summed E-state index contributed by atoms with van der Waals surface area (Å²) >= 11 is 0. The van der Waals surface area contributed by atoms with Gasteiger partial charge in [0.15, 0.2) is 0 Å². The maximum atomic E-state index is 4.27. The molecule has 20 heavy (non-hydrogen) atoms. The van der Waals surface area contributed by atoms with E-state index in [0.29, 0.717) is 0 Å². The smallest absolute Gasteiger partial charge is 0.121 e. The Labute approximate surface area is 115 Å². The van der Waals surface area contributed by atoms with Gasteiger partial charge in [0.25, 0.3) is 0 Å². The van der Waals surface area contributed by atoms with E-state index in [2.05, 4.69) is 20.4 Å². The zero-order valence-corrected chi connectivity index (χ0v) is 10.6. The Morgan fingerprint density at radius 2 is 1.50 bits per heavy atom. The maximum absolute atomic E-state index is 4.27. The average molecular weight is 258 g/mol. The summed E-state index contributed by atoms with van der Waals surface area (Å²) in [5.74, 6) is 0. The first kappa shape index (κ1) is 11.0. The minimum absolute atomic E-state index is 0.744. The number of hydrogen-bond donors (Lipinski definition) is 0. The van der Waals surface area contributed by atoms with E-state index in [1.54, 1.807) is 6.20 Å².